The maximum atomic E-state index is 5.96. The van der Waals surface area contributed by atoms with Gasteiger partial charge in [0.15, 0.2) is 0 Å². The minimum atomic E-state index is 0.601. The Labute approximate surface area is 104 Å². The van der Waals surface area contributed by atoms with E-state index in [2.05, 4.69) is 25.8 Å². The Morgan fingerprint density at radius 2 is 2.44 bits per heavy atom. The molecule has 88 valence electrons. The van der Waals surface area contributed by atoms with Gasteiger partial charge in [-0.15, -0.1) is 0 Å². The normalized spacial score (nSPS) is 20.4. The molecule has 1 aliphatic heterocycles. The summed E-state index contributed by atoms with van der Waals surface area (Å²) in [6.45, 7) is 2.85. The lowest BCUT2D eigenvalue weighted by Gasteiger charge is -2.21. The SMILES string of the molecule is COCC1CCN(c2c(N)cncc2Br)C1. The van der Waals surface area contributed by atoms with Gasteiger partial charge in [0.1, 0.15) is 0 Å². The highest BCUT2D eigenvalue weighted by molar-refractivity contribution is 9.10. The molecule has 4 nitrogen and oxygen atoms in total. The van der Waals surface area contributed by atoms with E-state index in [1.54, 1.807) is 19.5 Å². The zero-order valence-electron chi connectivity index (χ0n) is 9.32. The first kappa shape index (κ1) is 11.7. The molecule has 1 aromatic rings. The van der Waals surface area contributed by atoms with Crippen LogP contribution >= 0.6 is 15.9 Å². The molecule has 0 aromatic carbocycles. The molecule has 1 aromatic heterocycles. The summed E-state index contributed by atoms with van der Waals surface area (Å²) in [5.74, 6) is 0.601. The number of ether oxygens (including phenoxy) is 1. The van der Waals surface area contributed by atoms with E-state index < -0.39 is 0 Å². The van der Waals surface area contributed by atoms with Gasteiger partial charge in [0.2, 0.25) is 0 Å². The van der Waals surface area contributed by atoms with Crippen LogP contribution in [0.5, 0.6) is 0 Å². The number of hydrogen-bond donors (Lipinski definition) is 1. The average molecular weight is 286 g/mol. The lowest BCUT2D eigenvalue weighted by molar-refractivity contribution is 0.161. The van der Waals surface area contributed by atoms with Crippen molar-refractivity contribution in [2.45, 2.75) is 6.42 Å². The zero-order chi connectivity index (χ0) is 11.5. The quantitative estimate of drug-likeness (QED) is 0.922. The van der Waals surface area contributed by atoms with Crippen LogP contribution in [0.4, 0.5) is 11.4 Å². The molecule has 0 spiro atoms. The van der Waals surface area contributed by atoms with E-state index in [9.17, 15) is 0 Å². The molecule has 0 radical (unpaired) electrons. The Kier molecular flexibility index (Phi) is 3.66. The van der Waals surface area contributed by atoms with Crippen molar-refractivity contribution in [3.05, 3.63) is 16.9 Å². The Bertz CT molecular complexity index is 352. The lowest BCUT2D eigenvalue weighted by Crippen LogP contribution is -2.22. The van der Waals surface area contributed by atoms with Crippen LogP contribution < -0.4 is 10.6 Å². The molecule has 2 N–H and O–H groups in total. The first-order chi connectivity index (χ1) is 7.72. The van der Waals surface area contributed by atoms with Gasteiger partial charge >= 0.3 is 0 Å². The summed E-state index contributed by atoms with van der Waals surface area (Å²) in [5.41, 5.74) is 7.75. The number of anilines is 2. The molecule has 1 atom stereocenters. The molecule has 0 saturated carbocycles. The molecule has 1 saturated heterocycles. The summed E-state index contributed by atoms with van der Waals surface area (Å²) in [7, 11) is 1.75. The number of hydrogen-bond acceptors (Lipinski definition) is 4. The molecule has 16 heavy (non-hydrogen) atoms. The lowest BCUT2D eigenvalue weighted by atomic mass is 10.1. The number of halogens is 1. The first-order valence-electron chi connectivity index (χ1n) is 5.35. The summed E-state index contributed by atoms with van der Waals surface area (Å²) >= 11 is 3.50. The Morgan fingerprint density at radius 1 is 1.62 bits per heavy atom. The number of aromatic nitrogens is 1. The van der Waals surface area contributed by atoms with E-state index in [4.69, 9.17) is 10.5 Å². The largest absolute Gasteiger partial charge is 0.396 e. The number of nitrogens with zero attached hydrogens (tertiary/aromatic N) is 2. The molecule has 2 heterocycles. The van der Waals surface area contributed by atoms with E-state index >= 15 is 0 Å². The summed E-state index contributed by atoms with van der Waals surface area (Å²) < 4.78 is 6.15. The van der Waals surface area contributed by atoms with Gasteiger partial charge in [-0.25, -0.2) is 0 Å². The molecule has 1 unspecified atom stereocenters. The van der Waals surface area contributed by atoms with Gasteiger partial charge in [0.05, 0.1) is 28.7 Å². The Balaban J connectivity index is 2.14. The third-order valence-electron chi connectivity index (χ3n) is 2.91. The summed E-state index contributed by atoms with van der Waals surface area (Å²) in [6, 6.07) is 0. The Hall–Kier alpha value is -0.810. The fourth-order valence-electron chi connectivity index (χ4n) is 2.18. The molecular formula is C11H16BrN3O. The molecule has 2 rings (SSSR count). The van der Waals surface area contributed by atoms with E-state index in [0.717, 1.165) is 42.0 Å². The highest BCUT2D eigenvalue weighted by atomic mass is 79.9. The minimum absolute atomic E-state index is 0.601. The van der Waals surface area contributed by atoms with Gasteiger partial charge in [0.25, 0.3) is 0 Å². The third kappa shape index (κ3) is 2.30. The molecule has 1 fully saturated rings. The number of rotatable bonds is 3. The molecule has 1 aliphatic rings. The van der Waals surface area contributed by atoms with Gasteiger partial charge in [-0.1, -0.05) is 0 Å². The van der Waals surface area contributed by atoms with Crippen LogP contribution in [0.3, 0.4) is 0 Å². The summed E-state index contributed by atoms with van der Waals surface area (Å²) in [4.78, 5) is 6.34. The monoisotopic (exact) mass is 285 g/mol. The topological polar surface area (TPSA) is 51.4 Å². The smallest absolute Gasteiger partial charge is 0.0776 e. The van der Waals surface area contributed by atoms with E-state index in [-0.39, 0.29) is 0 Å². The summed E-state index contributed by atoms with van der Waals surface area (Å²) in [5, 5.41) is 0. The van der Waals surface area contributed by atoms with E-state index in [1.807, 2.05) is 0 Å². The highest BCUT2D eigenvalue weighted by Gasteiger charge is 2.25. The standard InChI is InChI=1S/C11H16BrN3O/c1-16-7-8-2-3-15(6-8)11-9(12)4-14-5-10(11)13/h4-5,8H,2-3,6-7,13H2,1H3. The van der Waals surface area contributed by atoms with Gasteiger partial charge in [-0.3, -0.25) is 4.98 Å². The molecular weight excluding hydrogens is 270 g/mol. The van der Waals surface area contributed by atoms with E-state index in [1.165, 1.54) is 0 Å². The molecule has 0 amide bonds. The van der Waals surface area contributed by atoms with Crippen molar-refractivity contribution in [2.24, 2.45) is 5.92 Å². The first-order valence-corrected chi connectivity index (χ1v) is 6.14. The number of pyridine rings is 1. The van der Waals surface area contributed by atoms with Crippen LogP contribution in [0, 0.1) is 5.92 Å². The predicted molar refractivity (Wildman–Crippen MR) is 68.5 cm³/mol. The van der Waals surface area contributed by atoms with Crippen molar-refractivity contribution in [3.63, 3.8) is 0 Å². The van der Waals surface area contributed by atoms with Crippen molar-refractivity contribution in [3.8, 4) is 0 Å². The van der Waals surface area contributed by atoms with Crippen LogP contribution in [0.15, 0.2) is 16.9 Å². The fourth-order valence-corrected chi connectivity index (χ4v) is 2.78. The van der Waals surface area contributed by atoms with Gasteiger partial charge < -0.3 is 15.4 Å². The fraction of sp³-hybridized carbons (Fsp3) is 0.545. The third-order valence-corrected chi connectivity index (χ3v) is 3.49. The van der Waals surface area contributed by atoms with Gasteiger partial charge in [-0.2, -0.15) is 0 Å². The van der Waals surface area contributed by atoms with Gasteiger partial charge in [0, 0.05) is 32.3 Å². The van der Waals surface area contributed by atoms with Gasteiger partial charge in [-0.05, 0) is 22.4 Å². The van der Waals surface area contributed by atoms with Crippen LogP contribution in [0.2, 0.25) is 0 Å². The molecule has 0 aliphatic carbocycles. The minimum Gasteiger partial charge on any atom is -0.396 e. The van der Waals surface area contributed by atoms with Crippen LogP contribution in [0.1, 0.15) is 6.42 Å². The average Bonchev–Trinajstić information content (AvgIpc) is 2.67. The second-order valence-electron chi connectivity index (χ2n) is 4.12. The predicted octanol–water partition coefficient (Wildman–Crippen LogP) is 1.90. The van der Waals surface area contributed by atoms with Crippen molar-refractivity contribution >= 4 is 27.3 Å². The maximum absolute atomic E-state index is 5.96. The molecule has 0 bridgehead atoms. The van der Waals surface area contributed by atoms with Crippen molar-refractivity contribution < 1.29 is 4.74 Å². The van der Waals surface area contributed by atoms with Crippen LogP contribution in [-0.4, -0.2) is 31.8 Å². The van der Waals surface area contributed by atoms with Crippen molar-refractivity contribution in [2.75, 3.05) is 37.4 Å². The highest BCUT2D eigenvalue weighted by Crippen LogP contribution is 2.34. The maximum Gasteiger partial charge on any atom is 0.0776 e. The van der Waals surface area contributed by atoms with Crippen molar-refractivity contribution in [1.82, 2.24) is 4.98 Å². The summed E-state index contributed by atoms with van der Waals surface area (Å²) in [6.07, 6.45) is 4.64. The van der Waals surface area contributed by atoms with Crippen LogP contribution in [-0.2, 0) is 4.74 Å². The van der Waals surface area contributed by atoms with Crippen LogP contribution in [0.25, 0.3) is 0 Å². The number of nitrogen functional groups attached to an aromatic ring is 1. The van der Waals surface area contributed by atoms with Crippen molar-refractivity contribution in [1.29, 1.82) is 0 Å². The Morgan fingerprint density at radius 3 is 3.12 bits per heavy atom. The molecule has 5 heteroatoms. The second-order valence-corrected chi connectivity index (χ2v) is 4.97. The second kappa shape index (κ2) is 5.01. The van der Waals surface area contributed by atoms with E-state index in [0.29, 0.717) is 5.92 Å². The number of methoxy groups -OCH3 is 1. The number of nitrogens with two attached hydrogens (primary N) is 1. The zero-order valence-corrected chi connectivity index (χ0v) is 10.9.